The summed E-state index contributed by atoms with van der Waals surface area (Å²) in [5, 5.41) is 3.18. The van der Waals surface area contributed by atoms with E-state index in [1.54, 1.807) is 0 Å². The van der Waals surface area contributed by atoms with E-state index in [0.717, 1.165) is 32.4 Å². The van der Waals surface area contributed by atoms with Gasteiger partial charge in [-0.15, -0.1) is 0 Å². The van der Waals surface area contributed by atoms with Crippen LogP contribution in [0, 0.1) is 5.92 Å². The molecule has 4 heteroatoms. The first-order valence-corrected chi connectivity index (χ1v) is 7.08. The first-order chi connectivity index (χ1) is 8.69. The van der Waals surface area contributed by atoms with E-state index in [4.69, 9.17) is 9.47 Å². The summed E-state index contributed by atoms with van der Waals surface area (Å²) < 4.78 is 10.4. The minimum atomic E-state index is -0.239. The van der Waals surface area contributed by atoms with Crippen molar-refractivity contribution in [1.29, 1.82) is 0 Å². The minimum Gasteiger partial charge on any atom is -0.468 e. The molecule has 108 valence electrons. The first kappa shape index (κ1) is 17.4. The van der Waals surface area contributed by atoms with Gasteiger partial charge in [0, 0.05) is 13.2 Å². The van der Waals surface area contributed by atoms with Crippen molar-refractivity contribution in [3.8, 4) is 0 Å². The fraction of sp³-hybridized carbons (Fsp3) is 0.929. The molecule has 0 rings (SSSR count). The Labute approximate surface area is 111 Å². The van der Waals surface area contributed by atoms with Gasteiger partial charge in [0.15, 0.2) is 0 Å². The molecule has 0 bridgehead atoms. The molecule has 0 amide bonds. The van der Waals surface area contributed by atoms with Gasteiger partial charge in [0.1, 0.15) is 6.04 Å². The molecule has 1 atom stereocenters. The monoisotopic (exact) mass is 259 g/mol. The van der Waals surface area contributed by atoms with Gasteiger partial charge in [0.2, 0.25) is 0 Å². The number of methoxy groups -OCH3 is 1. The van der Waals surface area contributed by atoms with Gasteiger partial charge in [-0.3, -0.25) is 4.79 Å². The molecule has 0 saturated carbocycles. The zero-order valence-electron chi connectivity index (χ0n) is 12.3. The smallest absolute Gasteiger partial charge is 0.322 e. The van der Waals surface area contributed by atoms with Crippen molar-refractivity contribution in [1.82, 2.24) is 5.32 Å². The fourth-order valence-corrected chi connectivity index (χ4v) is 1.74. The van der Waals surface area contributed by atoms with Crippen molar-refractivity contribution in [2.45, 2.75) is 52.5 Å². The largest absolute Gasteiger partial charge is 0.468 e. The van der Waals surface area contributed by atoms with Crippen LogP contribution in [0.2, 0.25) is 0 Å². The highest BCUT2D eigenvalue weighted by atomic mass is 16.5. The number of rotatable bonds is 11. The average molecular weight is 259 g/mol. The summed E-state index contributed by atoms with van der Waals surface area (Å²) in [6.07, 6.45) is 3.96. The van der Waals surface area contributed by atoms with Crippen LogP contribution in [-0.4, -0.2) is 38.9 Å². The number of esters is 1. The zero-order valence-corrected chi connectivity index (χ0v) is 12.3. The molecule has 0 aromatic heterocycles. The molecule has 0 spiro atoms. The lowest BCUT2D eigenvalue weighted by Gasteiger charge is -2.17. The third kappa shape index (κ3) is 7.67. The van der Waals surface area contributed by atoms with E-state index in [1.165, 1.54) is 7.11 Å². The quantitative estimate of drug-likeness (QED) is 0.457. The molecule has 0 saturated heterocycles. The Morgan fingerprint density at radius 1 is 1.22 bits per heavy atom. The summed E-state index contributed by atoms with van der Waals surface area (Å²) in [6, 6.07) is -0.239. The van der Waals surface area contributed by atoms with Gasteiger partial charge in [0.25, 0.3) is 0 Å². The van der Waals surface area contributed by atoms with Crippen LogP contribution in [0.1, 0.15) is 46.5 Å². The maximum Gasteiger partial charge on any atom is 0.322 e. The molecule has 4 nitrogen and oxygen atoms in total. The molecule has 0 fully saturated rings. The van der Waals surface area contributed by atoms with Crippen molar-refractivity contribution in [3.05, 3.63) is 0 Å². The van der Waals surface area contributed by atoms with Crippen LogP contribution in [0.15, 0.2) is 0 Å². The number of ether oxygens (including phenoxy) is 2. The lowest BCUT2D eigenvalue weighted by atomic mass is 10.1. The van der Waals surface area contributed by atoms with Crippen LogP contribution >= 0.6 is 0 Å². The zero-order chi connectivity index (χ0) is 13.8. The summed E-state index contributed by atoms with van der Waals surface area (Å²) in [5.74, 6) is 0.430. The Morgan fingerprint density at radius 3 is 2.39 bits per heavy atom. The highest BCUT2D eigenvalue weighted by Gasteiger charge is 2.17. The van der Waals surface area contributed by atoms with Crippen molar-refractivity contribution in [2.75, 3.05) is 26.9 Å². The first-order valence-electron chi connectivity index (χ1n) is 7.08. The predicted octanol–water partition coefficient (Wildman–Crippen LogP) is 2.37. The van der Waals surface area contributed by atoms with E-state index in [2.05, 4.69) is 26.1 Å². The third-order valence-electron chi connectivity index (χ3n) is 3.19. The van der Waals surface area contributed by atoms with E-state index >= 15 is 0 Å². The van der Waals surface area contributed by atoms with Crippen molar-refractivity contribution >= 4 is 5.97 Å². The number of carbonyl (C=O) groups is 1. The number of carbonyl (C=O) groups excluding carboxylic acids is 1. The van der Waals surface area contributed by atoms with E-state index in [0.29, 0.717) is 18.9 Å². The minimum absolute atomic E-state index is 0.199. The maximum absolute atomic E-state index is 11.5. The van der Waals surface area contributed by atoms with E-state index in [9.17, 15) is 4.79 Å². The summed E-state index contributed by atoms with van der Waals surface area (Å²) in [4.78, 5) is 11.5. The molecule has 0 aliphatic carbocycles. The normalized spacial score (nSPS) is 12.7. The molecule has 18 heavy (non-hydrogen) atoms. The van der Waals surface area contributed by atoms with Gasteiger partial charge in [-0.2, -0.15) is 0 Å². The Kier molecular flexibility index (Phi) is 11.1. The van der Waals surface area contributed by atoms with Gasteiger partial charge < -0.3 is 14.8 Å². The van der Waals surface area contributed by atoms with Gasteiger partial charge >= 0.3 is 5.97 Å². The molecule has 0 aliphatic heterocycles. The van der Waals surface area contributed by atoms with Crippen molar-refractivity contribution in [2.24, 2.45) is 5.92 Å². The summed E-state index contributed by atoms with van der Waals surface area (Å²) >= 11 is 0. The Hall–Kier alpha value is -0.610. The van der Waals surface area contributed by atoms with Crippen LogP contribution in [0.25, 0.3) is 0 Å². The number of hydrogen-bond acceptors (Lipinski definition) is 4. The van der Waals surface area contributed by atoms with Crippen LogP contribution in [0.3, 0.4) is 0 Å². The van der Waals surface area contributed by atoms with Crippen molar-refractivity contribution < 1.29 is 14.3 Å². The SMILES string of the molecule is CCCNC(CCOCC(CC)CC)C(=O)OC. The van der Waals surface area contributed by atoms with Crippen LogP contribution in [0.5, 0.6) is 0 Å². The molecule has 0 aromatic rings. The lowest BCUT2D eigenvalue weighted by Crippen LogP contribution is -2.39. The van der Waals surface area contributed by atoms with Gasteiger partial charge in [-0.05, 0) is 25.3 Å². The molecular formula is C14H29NO3. The second kappa shape index (κ2) is 11.5. The highest BCUT2D eigenvalue weighted by Crippen LogP contribution is 2.08. The van der Waals surface area contributed by atoms with Crippen LogP contribution in [0.4, 0.5) is 0 Å². The van der Waals surface area contributed by atoms with Crippen LogP contribution < -0.4 is 5.32 Å². The standard InChI is InChI=1S/C14H29NO3/c1-5-9-15-13(14(16)17-4)8-10-18-11-12(6-2)7-3/h12-13,15H,5-11H2,1-4H3. The second-order valence-corrected chi connectivity index (χ2v) is 4.58. The number of hydrogen-bond donors (Lipinski definition) is 1. The molecule has 1 unspecified atom stereocenters. The van der Waals surface area contributed by atoms with Gasteiger partial charge in [-0.1, -0.05) is 33.6 Å². The maximum atomic E-state index is 11.5. The van der Waals surface area contributed by atoms with E-state index in [-0.39, 0.29) is 12.0 Å². The fourth-order valence-electron chi connectivity index (χ4n) is 1.74. The molecule has 1 N–H and O–H groups in total. The molecule has 0 aliphatic rings. The molecule has 0 radical (unpaired) electrons. The Balaban J connectivity index is 3.84. The molecule has 0 heterocycles. The topological polar surface area (TPSA) is 47.6 Å². The van der Waals surface area contributed by atoms with Gasteiger partial charge in [-0.25, -0.2) is 0 Å². The highest BCUT2D eigenvalue weighted by molar-refractivity contribution is 5.75. The van der Waals surface area contributed by atoms with Crippen LogP contribution in [-0.2, 0) is 14.3 Å². The Morgan fingerprint density at radius 2 is 1.89 bits per heavy atom. The van der Waals surface area contributed by atoms with Crippen molar-refractivity contribution in [3.63, 3.8) is 0 Å². The number of nitrogens with one attached hydrogen (secondary N) is 1. The predicted molar refractivity (Wildman–Crippen MR) is 73.6 cm³/mol. The summed E-state index contributed by atoms with van der Waals surface area (Å²) in [7, 11) is 1.42. The lowest BCUT2D eigenvalue weighted by molar-refractivity contribution is -0.143. The second-order valence-electron chi connectivity index (χ2n) is 4.58. The summed E-state index contributed by atoms with van der Waals surface area (Å²) in [6.45, 7) is 8.65. The third-order valence-corrected chi connectivity index (χ3v) is 3.19. The van der Waals surface area contributed by atoms with E-state index < -0.39 is 0 Å². The molecular weight excluding hydrogens is 230 g/mol. The van der Waals surface area contributed by atoms with E-state index in [1.807, 2.05) is 0 Å². The Bertz CT molecular complexity index is 205. The average Bonchev–Trinajstić information content (AvgIpc) is 2.41. The summed E-state index contributed by atoms with van der Waals surface area (Å²) in [5.41, 5.74) is 0. The molecule has 0 aromatic carbocycles. The van der Waals surface area contributed by atoms with Gasteiger partial charge in [0.05, 0.1) is 7.11 Å².